The molecule has 4 nitrogen and oxygen atoms in total. The molecule has 1 aliphatic rings. The van der Waals surface area contributed by atoms with Gasteiger partial charge in [-0.2, -0.15) is 17.5 Å². The Morgan fingerprint density at radius 3 is 2.29 bits per heavy atom. The molecule has 1 heterocycles. The number of piperidine rings is 1. The lowest BCUT2D eigenvalue weighted by molar-refractivity contribution is -0.137. The Labute approximate surface area is 119 Å². The molecule has 0 bridgehead atoms. The van der Waals surface area contributed by atoms with Crippen LogP contribution in [-0.2, 0) is 16.2 Å². The number of aliphatic hydroxyl groups is 1. The van der Waals surface area contributed by atoms with Crippen LogP contribution in [0.3, 0.4) is 0 Å². The van der Waals surface area contributed by atoms with E-state index in [-0.39, 0.29) is 25.9 Å². The van der Waals surface area contributed by atoms with Crippen LogP contribution in [0.5, 0.6) is 0 Å². The molecule has 1 aliphatic heterocycles. The predicted octanol–water partition coefficient (Wildman–Crippen LogP) is 1.99. The largest absolute Gasteiger partial charge is 0.416 e. The highest BCUT2D eigenvalue weighted by Gasteiger charge is 2.35. The average Bonchev–Trinajstić information content (AvgIpc) is 2.38. The minimum atomic E-state index is -4.75. The van der Waals surface area contributed by atoms with Gasteiger partial charge < -0.3 is 5.11 Å². The molecule has 1 aromatic carbocycles. The van der Waals surface area contributed by atoms with Crippen molar-refractivity contribution in [3.63, 3.8) is 0 Å². The molecular formula is C12H13F4NO3S. The zero-order chi connectivity index (χ0) is 15.8. The lowest BCUT2D eigenvalue weighted by Crippen LogP contribution is -2.40. The molecule has 0 unspecified atom stereocenters. The van der Waals surface area contributed by atoms with Gasteiger partial charge in [0.25, 0.3) is 0 Å². The zero-order valence-electron chi connectivity index (χ0n) is 10.8. The van der Waals surface area contributed by atoms with Gasteiger partial charge in [-0.1, -0.05) is 0 Å². The van der Waals surface area contributed by atoms with Gasteiger partial charge >= 0.3 is 6.18 Å². The van der Waals surface area contributed by atoms with Crippen molar-refractivity contribution in [2.45, 2.75) is 30.0 Å². The summed E-state index contributed by atoms with van der Waals surface area (Å²) in [5.74, 6) is -1.23. The molecule has 0 spiro atoms. The molecule has 9 heteroatoms. The molecule has 0 aliphatic carbocycles. The summed E-state index contributed by atoms with van der Waals surface area (Å²) >= 11 is 0. The molecule has 21 heavy (non-hydrogen) atoms. The second-order valence-corrected chi connectivity index (χ2v) is 6.68. The van der Waals surface area contributed by atoms with E-state index < -0.39 is 38.6 Å². The summed E-state index contributed by atoms with van der Waals surface area (Å²) in [5.41, 5.74) is -1.22. The number of rotatable bonds is 2. The maximum Gasteiger partial charge on any atom is 0.416 e. The molecule has 118 valence electrons. The van der Waals surface area contributed by atoms with Crippen LogP contribution in [0.25, 0.3) is 0 Å². The van der Waals surface area contributed by atoms with E-state index in [0.717, 1.165) is 4.31 Å². The lowest BCUT2D eigenvalue weighted by atomic mass is 10.1. The van der Waals surface area contributed by atoms with Gasteiger partial charge in [0.05, 0.1) is 11.7 Å². The second-order valence-electron chi connectivity index (χ2n) is 4.78. The quantitative estimate of drug-likeness (QED) is 0.845. The average molecular weight is 327 g/mol. The molecule has 0 saturated carbocycles. The Kier molecular flexibility index (Phi) is 4.27. The van der Waals surface area contributed by atoms with Crippen molar-refractivity contribution < 1.29 is 31.1 Å². The highest BCUT2D eigenvalue weighted by Crippen LogP contribution is 2.32. The molecule has 0 amide bonds. The minimum Gasteiger partial charge on any atom is -0.393 e. The Balaban J connectivity index is 2.40. The monoisotopic (exact) mass is 327 g/mol. The lowest BCUT2D eigenvalue weighted by Gasteiger charge is -2.29. The van der Waals surface area contributed by atoms with E-state index in [2.05, 4.69) is 0 Å². The fourth-order valence-corrected chi connectivity index (χ4v) is 3.66. The molecule has 1 aromatic rings. The number of hydrogen-bond donors (Lipinski definition) is 1. The summed E-state index contributed by atoms with van der Waals surface area (Å²) < 4.78 is 76.9. The van der Waals surface area contributed by atoms with E-state index in [1.807, 2.05) is 0 Å². The van der Waals surface area contributed by atoms with E-state index in [0.29, 0.717) is 18.2 Å². The van der Waals surface area contributed by atoms with Crippen molar-refractivity contribution in [1.29, 1.82) is 0 Å². The van der Waals surface area contributed by atoms with E-state index >= 15 is 0 Å². The van der Waals surface area contributed by atoms with Gasteiger partial charge in [-0.05, 0) is 31.0 Å². The number of aliphatic hydroxyl groups excluding tert-OH is 1. The number of halogens is 4. The van der Waals surface area contributed by atoms with Crippen molar-refractivity contribution >= 4 is 10.0 Å². The minimum absolute atomic E-state index is 0.0564. The smallest absolute Gasteiger partial charge is 0.393 e. The van der Waals surface area contributed by atoms with Gasteiger partial charge in [-0.3, -0.25) is 0 Å². The third-order valence-corrected chi connectivity index (χ3v) is 5.21. The molecule has 0 atom stereocenters. The Bertz CT molecular complexity index is 622. The van der Waals surface area contributed by atoms with E-state index in [9.17, 15) is 31.1 Å². The zero-order valence-corrected chi connectivity index (χ0v) is 11.6. The summed E-state index contributed by atoms with van der Waals surface area (Å²) in [7, 11) is -4.35. The van der Waals surface area contributed by atoms with Crippen LogP contribution in [0.4, 0.5) is 17.6 Å². The van der Waals surface area contributed by atoms with Crippen LogP contribution < -0.4 is 0 Å². The first-order chi connectivity index (χ1) is 9.62. The molecule has 2 rings (SSSR count). The second kappa shape index (κ2) is 5.54. The highest BCUT2D eigenvalue weighted by molar-refractivity contribution is 7.89. The number of benzene rings is 1. The third-order valence-electron chi connectivity index (χ3n) is 3.30. The molecule has 1 saturated heterocycles. The summed E-state index contributed by atoms with van der Waals surface area (Å²) in [4.78, 5) is -0.992. The first kappa shape index (κ1) is 16.2. The van der Waals surface area contributed by atoms with Crippen LogP contribution in [0, 0.1) is 5.82 Å². The van der Waals surface area contributed by atoms with Gasteiger partial charge in [-0.25, -0.2) is 12.8 Å². The summed E-state index contributed by atoms with van der Waals surface area (Å²) in [6.45, 7) is -0.113. The third kappa shape index (κ3) is 3.35. The standard InChI is InChI=1S/C12H13F4NO3S/c13-10-2-1-8(12(14,15)16)7-11(10)21(19,20)17-5-3-9(18)4-6-17/h1-2,7,9,18H,3-6H2. The van der Waals surface area contributed by atoms with Gasteiger partial charge in [-0.15, -0.1) is 0 Å². The number of hydrogen-bond acceptors (Lipinski definition) is 3. The maximum atomic E-state index is 13.7. The fourth-order valence-electron chi connectivity index (χ4n) is 2.10. The normalized spacial score (nSPS) is 18.9. The first-order valence-corrected chi connectivity index (χ1v) is 7.61. The van der Waals surface area contributed by atoms with Crippen LogP contribution in [0.2, 0.25) is 0 Å². The van der Waals surface area contributed by atoms with Gasteiger partial charge in [0.1, 0.15) is 10.7 Å². The Morgan fingerprint density at radius 1 is 1.19 bits per heavy atom. The molecule has 1 N–H and O–H groups in total. The Hall–Kier alpha value is -1.19. The van der Waals surface area contributed by atoms with Crippen LogP contribution in [0.1, 0.15) is 18.4 Å². The predicted molar refractivity (Wildman–Crippen MR) is 65.4 cm³/mol. The topological polar surface area (TPSA) is 57.6 Å². The summed E-state index contributed by atoms with van der Waals surface area (Å²) in [5, 5.41) is 9.32. The van der Waals surface area contributed by atoms with E-state index in [1.54, 1.807) is 0 Å². The first-order valence-electron chi connectivity index (χ1n) is 6.17. The van der Waals surface area contributed by atoms with Crippen molar-refractivity contribution in [1.82, 2.24) is 4.31 Å². The molecule has 0 aromatic heterocycles. The van der Waals surface area contributed by atoms with Crippen molar-refractivity contribution in [3.05, 3.63) is 29.6 Å². The van der Waals surface area contributed by atoms with Gasteiger partial charge in [0.15, 0.2) is 0 Å². The molecule has 0 radical (unpaired) electrons. The highest BCUT2D eigenvalue weighted by atomic mass is 32.2. The van der Waals surface area contributed by atoms with Crippen LogP contribution >= 0.6 is 0 Å². The van der Waals surface area contributed by atoms with Crippen LogP contribution in [0.15, 0.2) is 23.1 Å². The summed E-state index contributed by atoms with van der Waals surface area (Å²) in [6, 6.07) is 1.29. The SMILES string of the molecule is O=S(=O)(c1cc(C(F)(F)F)ccc1F)N1CCC(O)CC1. The number of alkyl halides is 3. The van der Waals surface area contributed by atoms with Gasteiger partial charge in [0.2, 0.25) is 10.0 Å². The number of nitrogens with zero attached hydrogens (tertiary/aromatic N) is 1. The molecular weight excluding hydrogens is 314 g/mol. The van der Waals surface area contributed by atoms with Gasteiger partial charge in [0, 0.05) is 13.1 Å². The van der Waals surface area contributed by atoms with Crippen molar-refractivity contribution in [2.24, 2.45) is 0 Å². The molecule has 1 fully saturated rings. The maximum absolute atomic E-state index is 13.7. The van der Waals surface area contributed by atoms with Crippen molar-refractivity contribution in [3.8, 4) is 0 Å². The van der Waals surface area contributed by atoms with E-state index in [1.165, 1.54) is 0 Å². The summed E-state index contributed by atoms with van der Waals surface area (Å²) in [6.07, 6.45) is -5.07. The number of sulfonamides is 1. The van der Waals surface area contributed by atoms with Crippen molar-refractivity contribution in [2.75, 3.05) is 13.1 Å². The Morgan fingerprint density at radius 2 is 1.76 bits per heavy atom. The van der Waals surface area contributed by atoms with E-state index in [4.69, 9.17) is 0 Å². The fraction of sp³-hybridized carbons (Fsp3) is 0.500. The van der Waals surface area contributed by atoms with Crippen LogP contribution in [-0.4, -0.2) is 37.0 Å².